The lowest BCUT2D eigenvalue weighted by atomic mass is 10.00. The van der Waals surface area contributed by atoms with Crippen molar-refractivity contribution in [3.05, 3.63) is 58.7 Å². The Morgan fingerprint density at radius 1 is 0.920 bits per heavy atom. The fourth-order valence-electron chi connectivity index (χ4n) is 2.51. The van der Waals surface area contributed by atoms with Gasteiger partial charge in [0, 0.05) is 17.7 Å². The van der Waals surface area contributed by atoms with Gasteiger partial charge in [0.25, 0.3) is 0 Å². The zero-order valence-electron chi connectivity index (χ0n) is 15.0. The van der Waals surface area contributed by atoms with E-state index >= 15 is 0 Å². The van der Waals surface area contributed by atoms with Crippen LogP contribution in [0.1, 0.15) is 30.5 Å². The second-order valence-corrected chi connectivity index (χ2v) is 6.00. The monoisotopic (exact) mass is 340 g/mol. The number of benzene rings is 2. The summed E-state index contributed by atoms with van der Waals surface area (Å²) in [6.45, 7) is 4.09. The topological polar surface area (TPSA) is 58.9 Å². The van der Waals surface area contributed by atoms with Gasteiger partial charge in [-0.3, -0.25) is 0 Å². The zero-order chi connectivity index (χ0) is 18.4. The maximum Gasteiger partial charge on any atom is 0.126 e. The van der Waals surface area contributed by atoms with Gasteiger partial charge in [0.05, 0.1) is 14.2 Å². The fourth-order valence-corrected chi connectivity index (χ4v) is 2.51. The maximum atomic E-state index is 9.96. The molecule has 0 saturated carbocycles. The molecule has 0 heterocycles. The molecule has 0 amide bonds. The number of hydrogen-bond donors (Lipinski definition) is 2. The Kier molecular flexibility index (Phi) is 6.12. The predicted molar refractivity (Wildman–Crippen MR) is 101 cm³/mol. The number of methoxy groups -OCH3 is 2. The standard InChI is InChI=1S/C21H24O4/c1-14(2)5-8-20-16(11-18(23)13-21(20)25-4)7-6-15-9-17(22)12-19(10-15)24-3/h5-7,9-13,22-23H,8H2,1-4H3. The minimum absolute atomic E-state index is 0.136. The van der Waals surface area contributed by atoms with Gasteiger partial charge in [-0.2, -0.15) is 0 Å². The number of hydrogen-bond acceptors (Lipinski definition) is 4. The summed E-state index contributed by atoms with van der Waals surface area (Å²) in [6, 6.07) is 8.34. The molecule has 0 aliphatic heterocycles. The average molecular weight is 340 g/mol. The molecule has 0 spiro atoms. The van der Waals surface area contributed by atoms with Crippen LogP contribution in [0.15, 0.2) is 42.0 Å². The van der Waals surface area contributed by atoms with Crippen LogP contribution < -0.4 is 9.47 Å². The summed E-state index contributed by atoms with van der Waals surface area (Å²) in [4.78, 5) is 0. The van der Waals surface area contributed by atoms with Crippen LogP contribution in [0, 0.1) is 0 Å². The van der Waals surface area contributed by atoms with Crippen LogP contribution in [0.4, 0.5) is 0 Å². The summed E-state index contributed by atoms with van der Waals surface area (Å²) in [5, 5.41) is 19.7. The predicted octanol–water partition coefficient (Wildman–Crippen LogP) is 4.79. The number of phenols is 2. The van der Waals surface area contributed by atoms with Crippen molar-refractivity contribution in [2.45, 2.75) is 20.3 Å². The average Bonchev–Trinajstić information content (AvgIpc) is 2.57. The SMILES string of the molecule is COc1cc(O)cc(C=Cc2cc(O)cc(OC)c2CC=C(C)C)c1. The van der Waals surface area contributed by atoms with E-state index in [1.165, 1.54) is 5.57 Å². The molecule has 0 aromatic heterocycles. The molecule has 4 nitrogen and oxygen atoms in total. The van der Waals surface area contributed by atoms with Gasteiger partial charge in [0.2, 0.25) is 0 Å². The summed E-state index contributed by atoms with van der Waals surface area (Å²) >= 11 is 0. The third-order valence-electron chi connectivity index (χ3n) is 3.77. The van der Waals surface area contributed by atoms with E-state index in [9.17, 15) is 10.2 Å². The first kappa shape index (κ1) is 18.5. The molecule has 0 aliphatic carbocycles. The Hall–Kier alpha value is -2.88. The minimum Gasteiger partial charge on any atom is -0.508 e. The van der Waals surface area contributed by atoms with Gasteiger partial charge in [-0.05, 0) is 49.6 Å². The van der Waals surface area contributed by atoms with Crippen LogP contribution in [-0.2, 0) is 6.42 Å². The highest BCUT2D eigenvalue weighted by Gasteiger charge is 2.09. The van der Waals surface area contributed by atoms with Gasteiger partial charge >= 0.3 is 0 Å². The smallest absolute Gasteiger partial charge is 0.126 e. The maximum absolute atomic E-state index is 9.96. The largest absolute Gasteiger partial charge is 0.508 e. The molecule has 0 unspecified atom stereocenters. The van der Waals surface area contributed by atoms with E-state index in [1.807, 2.05) is 32.1 Å². The Bertz CT molecular complexity index is 800. The number of rotatable bonds is 6. The molecule has 132 valence electrons. The third kappa shape index (κ3) is 5.05. The Morgan fingerprint density at radius 2 is 1.64 bits per heavy atom. The summed E-state index contributed by atoms with van der Waals surface area (Å²) in [6.07, 6.45) is 6.57. The van der Waals surface area contributed by atoms with E-state index in [0.29, 0.717) is 17.9 Å². The molecule has 2 aromatic carbocycles. The van der Waals surface area contributed by atoms with E-state index < -0.39 is 0 Å². The summed E-state index contributed by atoms with van der Waals surface area (Å²) in [5.41, 5.74) is 3.86. The van der Waals surface area contributed by atoms with Gasteiger partial charge < -0.3 is 19.7 Å². The van der Waals surface area contributed by atoms with E-state index in [1.54, 1.807) is 38.5 Å². The molecule has 2 N–H and O–H groups in total. The van der Waals surface area contributed by atoms with Gasteiger partial charge in [0.15, 0.2) is 0 Å². The van der Waals surface area contributed by atoms with Crippen molar-refractivity contribution >= 4 is 12.2 Å². The van der Waals surface area contributed by atoms with Crippen molar-refractivity contribution < 1.29 is 19.7 Å². The minimum atomic E-state index is 0.136. The molecule has 0 saturated heterocycles. The first-order valence-corrected chi connectivity index (χ1v) is 8.02. The highest BCUT2D eigenvalue weighted by Crippen LogP contribution is 2.31. The van der Waals surface area contributed by atoms with Gasteiger partial charge in [0.1, 0.15) is 23.0 Å². The van der Waals surface area contributed by atoms with E-state index in [0.717, 1.165) is 16.7 Å². The Labute approximate surface area is 148 Å². The second kappa shape index (κ2) is 8.29. The lowest BCUT2D eigenvalue weighted by Gasteiger charge is -2.12. The number of phenolic OH excluding ortho intramolecular Hbond substituents is 2. The first-order valence-electron chi connectivity index (χ1n) is 8.02. The van der Waals surface area contributed by atoms with Crippen molar-refractivity contribution in [2.75, 3.05) is 14.2 Å². The van der Waals surface area contributed by atoms with Crippen molar-refractivity contribution in [1.82, 2.24) is 0 Å². The number of aromatic hydroxyl groups is 2. The molecule has 0 aliphatic rings. The first-order chi connectivity index (χ1) is 11.9. The van der Waals surface area contributed by atoms with Crippen LogP contribution in [0.3, 0.4) is 0 Å². The highest BCUT2D eigenvalue weighted by atomic mass is 16.5. The van der Waals surface area contributed by atoms with Crippen LogP contribution in [0.2, 0.25) is 0 Å². The van der Waals surface area contributed by atoms with Gasteiger partial charge in [-0.1, -0.05) is 23.8 Å². The highest BCUT2D eigenvalue weighted by molar-refractivity contribution is 5.74. The number of allylic oxidation sites excluding steroid dienone is 2. The molecule has 0 radical (unpaired) electrons. The molecule has 0 bridgehead atoms. The van der Waals surface area contributed by atoms with Crippen molar-refractivity contribution in [3.8, 4) is 23.0 Å². The number of ether oxygens (including phenoxy) is 2. The van der Waals surface area contributed by atoms with Crippen molar-refractivity contribution in [1.29, 1.82) is 0 Å². The van der Waals surface area contributed by atoms with Crippen molar-refractivity contribution in [3.63, 3.8) is 0 Å². The molecule has 2 aromatic rings. The van der Waals surface area contributed by atoms with Crippen LogP contribution in [0.25, 0.3) is 12.2 Å². The van der Waals surface area contributed by atoms with E-state index in [2.05, 4.69) is 6.08 Å². The molecular weight excluding hydrogens is 316 g/mol. The van der Waals surface area contributed by atoms with Crippen LogP contribution >= 0.6 is 0 Å². The fraction of sp³-hybridized carbons (Fsp3) is 0.238. The van der Waals surface area contributed by atoms with E-state index in [4.69, 9.17) is 9.47 Å². The van der Waals surface area contributed by atoms with Crippen molar-refractivity contribution in [2.24, 2.45) is 0 Å². The quantitative estimate of drug-likeness (QED) is 0.586. The second-order valence-electron chi connectivity index (χ2n) is 6.00. The Morgan fingerprint density at radius 3 is 2.28 bits per heavy atom. The summed E-state index contributed by atoms with van der Waals surface area (Å²) in [5.74, 6) is 1.51. The third-order valence-corrected chi connectivity index (χ3v) is 3.77. The van der Waals surface area contributed by atoms with Crippen LogP contribution in [0.5, 0.6) is 23.0 Å². The molecule has 0 fully saturated rings. The molecule has 2 rings (SSSR count). The summed E-state index contributed by atoms with van der Waals surface area (Å²) < 4.78 is 10.6. The lowest BCUT2D eigenvalue weighted by molar-refractivity contribution is 0.403. The van der Waals surface area contributed by atoms with Gasteiger partial charge in [-0.25, -0.2) is 0 Å². The molecular formula is C21H24O4. The molecule has 0 atom stereocenters. The molecule has 4 heteroatoms. The van der Waals surface area contributed by atoms with Gasteiger partial charge in [-0.15, -0.1) is 0 Å². The normalized spacial score (nSPS) is 10.7. The molecule has 25 heavy (non-hydrogen) atoms. The lowest BCUT2D eigenvalue weighted by Crippen LogP contribution is -1.95. The zero-order valence-corrected chi connectivity index (χ0v) is 15.0. The van der Waals surface area contributed by atoms with Crippen LogP contribution in [-0.4, -0.2) is 24.4 Å². The van der Waals surface area contributed by atoms with E-state index in [-0.39, 0.29) is 11.5 Å². The summed E-state index contributed by atoms with van der Waals surface area (Å²) in [7, 11) is 3.15. The Balaban J connectivity index is 2.45.